The minimum absolute atomic E-state index is 0.278. The first-order valence-electron chi connectivity index (χ1n) is 6.08. The number of benzene rings is 1. The highest BCUT2D eigenvalue weighted by molar-refractivity contribution is 7.99. The Balaban J connectivity index is 2.14. The molecule has 1 heterocycles. The second-order valence-corrected chi connectivity index (χ2v) is 6.25. The van der Waals surface area contributed by atoms with Gasteiger partial charge < -0.3 is 4.74 Å². The van der Waals surface area contributed by atoms with Gasteiger partial charge in [-0.25, -0.2) is 4.79 Å². The van der Waals surface area contributed by atoms with Crippen LogP contribution < -0.4 is 4.74 Å². The molecule has 0 atom stereocenters. The standard InChI is InChI=1S/C13H9Cl3N4O2S/c1-2-7-23-13-17-18-19-20(13)8-3-5-9(6-4-8)22-12(21)10(14)11(15)16/h2-6H,1,7H2. The first-order valence-corrected chi connectivity index (χ1v) is 8.20. The van der Waals surface area contributed by atoms with Crippen LogP contribution in [-0.4, -0.2) is 31.9 Å². The number of rotatable bonds is 6. The van der Waals surface area contributed by atoms with Crippen molar-refractivity contribution < 1.29 is 9.53 Å². The van der Waals surface area contributed by atoms with Crippen LogP contribution in [0.25, 0.3) is 5.69 Å². The van der Waals surface area contributed by atoms with E-state index < -0.39 is 5.97 Å². The van der Waals surface area contributed by atoms with E-state index in [9.17, 15) is 4.79 Å². The summed E-state index contributed by atoms with van der Waals surface area (Å²) in [6.45, 7) is 3.65. The van der Waals surface area contributed by atoms with Gasteiger partial charge in [-0.3, -0.25) is 0 Å². The Morgan fingerprint density at radius 2 is 2.00 bits per heavy atom. The number of aromatic nitrogens is 4. The molecule has 0 unspecified atom stereocenters. The predicted molar refractivity (Wildman–Crippen MR) is 90.3 cm³/mol. The van der Waals surface area contributed by atoms with Gasteiger partial charge in [0.15, 0.2) is 5.03 Å². The van der Waals surface area contributed by atoms with E-state index in [4.69, 9.17) is 39.5 Å². The highest BCUT2D eigenvalue weighted by atomic mass is 35.5. The van der Waals surface area contributed by atoms with Gasteiger partial charge in [0.1, 0.15) is 10.2 Å². The summed E-state index contributed by atoms with van der Waals surface area (Å²) in [5.74, 6) is 0.115. The maximum Gasteiger partial charge on any atom is 0.357 e. The van der Waals surface area contributed by atoms with Crippen LogP contribution >= 0.6 is 46.6 Å². The van der Waals surface area contributed by atoms with E-state index in [-0.39, 0.29) is 15.3 Å². The van der Waals surface area contributed by atoms with Gasteiger partial charge in [0.05, 0.1) is 5.69 Å². The van der Waals surface area contributed by atoms with Crippen LogP contribution in [0.15, 0.2) is 51.6 Å². The van der Waals surface area contributed by atoms with Crippen molar-refractivity contribution in [3.8, 4) is 11.4 Å². The topological polar surface area (TPSA) is 69.9 Å². The fourth-order valence-electron chi connectivity index (χ4n) is 1.45. The molecule has 6 nitrogen and oxygen atoms in total. The number of halogens is 3. The SMILES string of the molecule is C=CCSc1nnnn1-c1ccc(OC(=O)C(Cl)=C(Cl)Cl)cc1. The Morgan fingerprint density at radius 3 is 2.61 bits per heavy atom. The van der Waals surface area contributed by atoms with E-state index >= 15 is 0 Å². The van der Waals surface area contributed by atoms with Gasteiger partial charge in [-0.2, -0.15) is 4.68 Å². The third-order valence-electron chi connectivity index (χ3n) is 2.41. The molecule has 23 heavy (non-hydrogen) atoms. The molecule has 0 spiro atoms. The molecule has 0 fully saturated rings. The van der Waals surface area contributed by atoms with Gasteiger partial charge in [-0.1, -0.05) is 52.6 Å². The van der Waals surface area contributed by atoms with Crippen molar-refractivity contribution in [2.45, 2.75) is 5.16 Å². The van der Waals surface area contributed by atoms with E-state index in [1.807, 2.05) is 0 Å². The minimum atomic E-state index is -0.843. The number of esters is 1. The molecule has 0 amide bonds. The van der Waals surface area contributed by atoms with Gasteiger partial charge in [-0.05, 0) is 34.7 Å². The zero-order chi connectivity index (χ0) is 16.8. The van der Waals surface area contributed by atoms with Crippen LogP contribution in [0, 0.1) is 0 Å². The molecular weight excluding hydrogens is 383 g/mol. The molecule has 1 aromatic carbocycles. The number of ether oxygens (including phenoxy) is 1. The average molecular weight is 392 g/mol. The maximum atomic E-state index is 11.6. The van der Waals surface area contributed by atoms with E-state index in [1.165, 1.54) is 11.8 Å². The molecule has 1 aromatic heterocycles. The second kappa shape index (κ2) is 8.35. The van der Waals surface area contributed by atoms with E-state index in [0.29, 0.717) is 16.6 Å². The van der Waals surface area contributed by atoms with Crippen molar-refractivity contribution in [3.05, 3.63) is 46.4 Å². The zero-order valence-corrected chi connectivity index (χ0v) is 14.5. The maximum absolute atomic E-state index is 11.6. The fraction of sp³-hybridized carbons (Fsp3) is 0.0769. The van der Waals surface area contributed by atoms with Crippen LogP contribution in [0.2, 0.25) is 0 Å². The molecule has 0 radical (unpaired) electrons. The van der Waals surface area contributed by atoms with Gasteiger partial charge in [-0.15, -0.1) is 11.7 Å². The first-order chi connectivity index (χ1) is 11.0. The number of carbonyl (C=O) groups excluding carboxylic acids is 1. The summed E-state index contributed by atoms with van der Waals surface area (Å²) in [4.78, 5) is 11.6. The number of thioether (sulfide) groups is 1. The number of nitrogens with zero attached hydrogens (tertiary/aromatic N) is 4. The zero-order valence-electron chi connectivity index (χ0n) is 11.4. The van der Waals surface area contributed by atoms with Crippen LogP contribution in [0.4, 0.5) is 0 Å². The lowest BCUT2D eigenvalue weighted by Gasteiger charge is -2.06. The van der Waals surface area contributed by atoms with Gasteiger partial charge >= 0.3 is 5.97 Å². The smallest absolute Gasteiger partial charge is 0.357 e. The summed E-state index contributed by atoms with van der Waals surface area (Å²) >= 11 is 17.9. The highest BCUT2D eigenvalue weighted by Crippen LogP contribution is 2.23. The molecule has 10 heteroatoms. The molecule has 0 aliphatic heterocycles. The summed E-state index contributed by atoms with van der Waals surface area (Å²) in [7, 11) is 0. The number of hydrogen-bond acceptors (Lipinski definition) is 6. The molecule has 0 bridgehead atoms. The normalized spacial score (nSPS) is 10.2. The van der Waals surface area contributed by atoms with Gasteiger partial charge in [0, 0.05) is 5.75 Å². The Morgan fingerprint density at radius 1 is 1.30 bits per heavy atom. The molecule has 0 aliphatic rings. The van der Waals surface area contributed by atoms with E-state index in [2.05, 4.69) is 22.1 Å². The van der Waals surface area contributed by atoms with Crippen LogP contribution in [0.3, 0.4) is 0 Å². The Labute approximate surface area is 151 Å². The minimum Gasteiger partial charge on any atom is -0.422 e. The molecule has 2 rings (SSSR count). The lowest BCUT2D eigenvalue weighted by atomic mass is 10.3. The molecule has 0 N–H and O–H groups in total. The Kier molecular flexibility index (Phi) is 6.47. The summed E-state index contributed by atoms with van der Waals surface area (Å²) in [5.41, 5.74) is 0.707. The number of tetrazole rings is 1. The van der Waals surface area contributed by atoms with Crippen LogP contribution in [-0.2, 0) is 4.79 Å². The van der Waals surface area contributed by atoms with Crippen molar-refractivity contribution in [2.75, 3.05) is 5.75 Å². The second-order valence-electron chi connectivity index (χ2n) is 3.93. The molecular formula is C13H9Cl3N4O2S. The lowest BCUT2D eigenvalue weighted by Crippen LogP contribution is -2.08. The Bertz CT molecular complexity index is 742. The van der Waals surface area contributed by atoms with Gasteiger partial charge in [0.2, 0.25) is 5.16 Å². The molecule has 0 saturated heterocycles. The largest absolute Gasteiger partial charge is 0.422 e. The molecule has 120 valence electrons. The third kappa shape index (κ3) is 4.71. The third-order valence-corrected chi connectivity index (χ3v) is 4.24. The van der Waals surface area contributed by atoms with Crippen molar-refractivity contribution in [2.24, 2.45) is 0 Å². The van der Waals surface area contributed by atoms with Crippen molar-refractivity contribution in [1.29, 1.82) is 0 Å². The van der Waals surface area contributed by atoms with E-state index in [0.717, 1.165) is 0 Å². The predicted octanol–water partition coefficient (Wildman–Crippen LogP) is 3.73. The summed E-state index contributed by atoms with van der Waals surface area (Å²) in [6, 6.07) is 6.53. The molecule has 2 aromatic rings. The highest BCUT2D eigenvalue weighted by Gasteiger charge is 2.14. The van der Waals surface area contributed by atoms with Crippen molar-refractivity contribution >= 4 is 52.5 Å². The summed E-state index contributed by atoms with van der Waals surface area (Å²) in [6.07, 6.45) is 1.76. The summed E-state index contributed by atoms with van der Waals surface area (Å²) < 4.78 is 6.23. The molecule has 0 saturated carbocycles. The first kappa shape index (κ1) is 17.8. The fourth-order valence-corrected chi connectivity index (χ4v) is 2.27. The Hall–Kier alpha value is -1.54. The quantitative estimate of drug-likeness (QED) is 0.246. The lowest BCUT2D eigenvalue weighted by molar-refractivity contribution is -0.129. The van der Waals surface area contributed by atoms with Crippen LogP contribution in [0.1, 0.15) is 0 Å². The van der Waals surface area contributed by atoms with Crippen molar-refractivity contribution in [3.63, 3.8) is 0 Å². The number of hydrogen-bond donors (Lipinski definition) is 0. The molecule has 0 aliphatic carbocycles. The average Bonchev–Trinajstić information content (AvgIpc) is 3.01. The monoisotopic (exact) mass is 390 g/mol. The van der Waals surface area contributed by atoms with Gasteiger partial charge in [0.25, 0.3) is 0 Å². The van der Waals surface area contributed by atoms with Crippen molar-refractivity contribution in [1.82, 2.24) is 20.2 Å². The summed E-state index contributed by atoms with van der Waals surface area (Å²) in [5, 5.41) is 11.7. The van der Waals surface area contributed by atoms with E-state index in [1.54, 1.807) is 35.0 Å². The number of carbonyl (C=O) groups is 1. The van der Waals surface area contributed by atoms with Crippen LogP contribution in [0.5, 0.6) is 5.75 Å².